The average molecular weight is 395 g/mol. The van der Waals surface area contributed by atoms with E-state index >= 15 is 0 Å². The molecule has 0 atom stereocenters. The Bertz CT molecular complexity index is 763. The molecule has 0 spiro atoms. The molecule has 0 aliphatic rings. The summed E-state index contributed by atoms with van der Waals surface area (Å²) < 4.78 is 40.4. The fraction of sp³-hybridized carbons (Fsp3) is 0.0833. The zero-order chi connectivity index (χ0) is 15.6. The zero-order valence-corrected chi connectivity index (χ0v) is 13.9. The summed E-state index contributed by atoms with van der Waals surface area (Å²) in [6.45, 7) is 0. The number of aromatic nitrogens is 1. The lowest BCUT2D eigenvalue weighted by Gasteiger charge is -2.13. The van der Waals surface area contributed by atoms with Gasteiger partial charge in [-0.3, -0.25) is 4.72 Å². The van der Waals surface area contributed by atoms with Gasteiger partial charge in [-0.15, -0.1) is 0 Å². The summed E-state index contributed by atoms with van der Waals surface area (Å²) in [4.78, 5) is 3.85. The highest BCUT2D eigenvalue weighted by molar-refractivity contribution is 9.10. The number of anilines is 2. The molecule has 1 heterocycles. The summed E-state index contributed by atoms with van der Waals surface area (Å²) in [7, 11) is -2.39. The van der Waals surface area contributed by atoms with Crippen LogP contribution in [0.5, 0.6) is 0 Å². The van der Waals surface area contributed by atoms with Gasteiger partial charge in [0.1, 0.15) is 5.82 Å². The van der Waals surface area contributed by atoms with Crippen LogP contribution in [0.25, 0.3) is 0 Å². The maximum atomic E-state index is 13.2. The van der Waals surface area contributed by atoms with Crippen molar-refractivity contribution in [2.45, 2.75) is 5.03 Å². The monoisotopic (exact) mass is 393 g/mol. The number of nitrogens with zero attached hydrogens (tertiary/aromatic N) is 1. The minimum absolute atomic E-state index is 0.0470. The standard InChI is InChI=1S/C12H10BrClFN3O2S/c1-16-10-3-2-4-17-12(10)21(19,20)18-11-8(13)5-7(15)6-9(11)14/h2-6,16,18H,1H3. The van der Waals surface area contributed by atoms with Crippen LogP contribution in [0.1, 0.15) is 0 Å². The lowest BCUT2D eigenvalue weighted by atomic mass is 10.3. The second kappa shape index (κ2) is 6.17. The van der Waals surface area contributed by atoms with E-state index in [-0.39, 0.29) is 20.2 Å². The summed E-state index contributed by atoms with van der Waals surface area (Å²) in [5.74, 6) is -0.580. The molecule has 9 heteroatoms. The van der Waals surface area contributed by atoms with Crippen LogP contribution in [0.4, 0.5) is 15.8 Å². The van der Waals surface area contributed by atoms with Crippen molar-refractivity contribution in [1.82, 2.24) is 4.98 Å². The highest BCUT2D eigenvalue weighted by Crippen LogP contribution is 2.33. The van der Waals surface area contributed by atoms with Crippen LogP contribution in [0, 0.1) is 5.82 Å². The third kappa shape index (κ3) is 3.45. The third-order valence-corrected chi connectivity index (χ3v) is 4.77. The van der Waals surface area contributed by atoms with Gasteiger partial charge in [-0.2, -0.15) is 8.42 Å². The molecular formula is C12H10BrClFN3O2S. The Kier molecular flexibility index (Phi) is 4.70. The number of pyridine rings is 1. The Balaban J connectivity index is 2.48. The van der Waals surface area contributed by atoms with Gasteiger partial charge in [-0.1, -0.05) is 11.6 Å². The number of hydrogen-bond acceptors (Lipinski definition) is 4. The van der Waals surface area contributed by atoms with Crippen molar-refractivity contribution in [1.29, 1.82) is 0 Å². The van der Waals surface area contributed by atoms with Crippen LogP contribution < -0.4 is 10.0 Å². The van der Waals surface area contributed by atoms with E-state index in [0.29, 0.717) is 5.69 Å². The van der Waals surface area contributed by atoms with Gasteiger partial charge >= 0.3 is 0 Å². The van der Waals surface area contributed by atoms with Gasteiger partial charge < -0.3 is 5.32 Å². The summed E-state index contributed by atoms with van der Waals surface area (Å²) in [5.41, 5.74) is 0.380. The van der Waals surface area contributed by atoms with Crippen LogP contribution in [-0.4, -0.2) is 20.4 Å². The molecule has 1 aromatic heterocycles. The van der Waals surface area contributed by atoms with Crippen LogP contribution in [0.2, 0.25) is 5.02 Å². The molecule has 5 nitrogen and oxygen atoms in total. The number of benzene rings is 1. The summed E-state index contributed by atoms with van der Waals surface area (Å²) in [6, 6.07) is 5.30. The maximum absolute atomic E-state index is 13.2. The van der Waals surface area contributed by atoms with E-state index in [9.17, 15) is 12.8 Å². The molecule has 0 unspecified atom stereocenters. The number of nitrogens with one attached hydrogen (secondary N) is 2. The van der Waals surface area contributed by atoms with E-state index in [2.05, 4.69) is 31.0 Å². The molecule has 1 aromatic carbocycles. The van der Waals surface area contributed by atoms with Crippen molar-refractivity contribution in [2.75, 3.05) is 17.1 Å². The highest BCUT2D eigenvalue weighted by atomic mass is 79.9. The van der Waals surface area contributed by atoms with Gasteiger partial charge in [0.2, 0.25) is 0 Å². The first-order chi connectivity index (χ1) is 9.85. The molecule has 2 N–H and O–H groups in total. The van der Waals surface area contributed by atoms with Crippen LogP contribution >= 0.6 is 27.5 Å². The Morgan fingerprint density at radius 2 is 2.10 bits per heavy atom. The quantitative estimate of drug-likeness (QED) is 0.833. The summed E-state index contributed by atoms with van der Waals surface area (Å²) in [5, 5.41) is 2.50. The molecule has 112 valence electrons. The van der Waals surface area contributed by atoms with Crippen LogP contribution in [0.3, 0.4) is 0 Å². The lowest BCUT2D eigenvalue weighted by Crippen LogP contribution is -2.17. The van der Waals surface area contributed by atoms with E-state index in [1.807, 2.05) is 0 Å². The fourth-order valence-corrected chi connectivity index (χ4v) is 3.95. The number of halogens is 3. The lowest BCUT2D eigenvalue weighted by molar-refractivity contribution is 0.597. The number of sulfonamides is 1. The van der Waals surface area contributed by atoms with Crippen molar-refractivity contribution in [3.8, 4) is 0 Å². The molecule has 0 saturated heterocycles. The zero-order valence-electron chi connectivity index (χ0n) is 10.7. The van der Waals surface area contributed by atoms with Gasteiger partial charge in [0.25, 0.3) is 10.0 Å². The molecule has 0 aliphatic carbocycles. The summed E-state index contributed by atoms with van der Waals surface area (Å²) in [6.07, 6.45) is 1.36. The average Bonchev–Trinajstić information content (AvgIpc) is 2.43. The van der Waals surface area contributed by atoms with Gasteiger partial charge in [0.05, 0.1) is 16.4 Å². The van der Waals surface area contributed by atoms with E-state index in [1.54, 1.807) is 19.2 Å². The van der Waals surface area contributed by atoms with E-state index in [1.165, 1.54) is 6.20 Å². The molecule has 0 fully saturated rings. The van der Waals surface area contributed by atoms with Gasteiger partial charge in [0, 0.05) is 17.7 Å². The van der Waals surface area contributed by atoms with Crippen LogP contribution in [-0.2, 0) is 10.0 Å². The van der Waals surface area contributed by atoms with E-state index in [0.717, 1.165) is 12.1 Å². The predicted molar refractivity (Wildman–Crippen MR) is 83.7 cm³/mol. The topological polar surface area (TPSA) is 71.1 Å². The first-order valence-electron chi connectivity index (χ1n) is 5.65. The third-order valence-electron chi connectivity index (χ3n) is 2.54. The Hall–Kier alpha value is -1.38. The molecule has 0 bridgehead atoms. The minimum Gasteiger partial charge on any atom is -0.386 e. The van der Waals surface area contributed by atoms with Crippen molar-refractivity contribution in [2.24, 2.45) is 0 Å². The van der Waals surface area contributed by atoms with E-state index < -0.39 is 15.8 Å². The Labute approximate surface area is 134 Å². The van der Waals surface area contributed by atoms with Gasteiger partial charge in [0.15, 0.2) is 5.03 Å². The summed E-state index contributed by atoms with van der Waals surface area (Å²) >= 11 is 8.94. The van der Waals surface area contributed by atoms with Crippen molar-refractivity contribution in [3.05, 3.63) is 45.8 Å². The largest absolute Gasteiger partial charge is 0.386 e. The van der Waals surface area contributed by atoms with E-state index in [4.69, 9.17) is 11.6 Å². The maximum Gasteiger partial charge on any atom is 0.281 e. The first-order valence-corrected chi connectivity index (χ1v) is 8.30. The van der Waals surface area contributed by atoms with Crippen molar-refractivity contribution >= 4 is 48.9 Å². The van der Waals surface area contributed by atoms with Crippen molar-refractivity contribution in [3.63, 3.8) is 0 Å². The molecular weight excluding hydrogens is 385 g/mol. The van der Waals surface area contributed by atoms with Gasteiger partial charge in [-0.05, 0) is 40.2 Å². The molecule has 0 amide bonds. The van der Waals surface area contributed by atoms with Crippen LogP contribution in [0.15, 0.2) is 40.0 Å². The molecule has 0 saturated carbocycles. The smallest absolute Gasteiger partial charge is 0.281 e. The molecule has 2 aromatic rings. The second-order valence-electron chi connectivity index (χ2n) is 3.96. The second-order valence-corrected chi connectivity index (χ2v) is 6.82. The molecule has 0 aliphatic heterocycles. The van der Waals surface area contributed by atoms with Crippen molar-refractivity contribution < 1.29 is 12.8 Å². The van der Waals surface area contributed by atoms with Gasteiger partial charge in [-0.25, -0.2) is 9.37 Å². The Morgan fingerprint density at radius 3 is 2.71 bits per heavy atom. The fourth-order valence-electron chi connectivity index (χ4n) is 1.62. The highest BCUT2D eigenvalue weighted by Gasteiger charge is 2.22. The molecule has 2 rings (SSSR count). The minimum atomic E-state index is -3.97. The Morgan fingerprint density at radius 1 is 1.38 bits per heavy atom. The molecule has 21 heavy (non-hydrogen) atoms. The molecule has 0 radical (unpaired) electrons. The number of hydrogen-bond donors (Lipinski definition) is 2. The normalized spacial score (nSPS) is 11.2. The predicted octanol–water partition coefficient (Wildman–Crippen LogP) is 3.48. The SMILES string of the molecule is CNc1cccnc1S(=O)(=O)Nc1c(Cl)cc(F)cc1Br. The first kappa shape index (κ1) is 16.0. The number of rotatable bonds is 4.